The molecule has 6 heteroatoms. The Kier molecular flexibility index (Phi) is 3.25. The van der Waals surface area contributed by atoms with Crippen LogP contribution in [0.4, 0.5) is 13.2 Å². The summed E-state index contributed by atoms with van der Waals surface area (Å²) in [7, 11) is 0. The Morgan fingerprint density at radius 2 is 2.17 bits per heavy atom. The highest BCUT2D eigenvalue weighted by atomic mass is 32.1. The predicted octanol–water partition coefficient (Wildman–Crippen LogP) is 3.86. The molecule has 2 nitrogen and oxygen atoms in total. The summed E-state index contributed by atoms with van der Waals surface area (Å²) in [5.41, 5.74) is -1.70. The van der Waals surface area contributed by atoms with Gasteiger partial charge >= 0.3 is 6.18 Å². The van der Waals surface area contributed by atoms with Gasteiger partial charge in [0.25, 0.3) is 0 Å². The number of ketones is 1. The summed E-state index contributed by atoms with van der Waals surface area (Å²) in [6, 6.07) is 0. The molecule has 0 aliphatic heterocycles. The van der Waals surface area contributed by atoms with Gasteiger partial charge in [0.05, 0.1) is 10.4 Å². The van der Waals surface area contributed by atoms with Crippen LogP contribution in [0.5, 0.6) is 0 Å². The van der Waals surface area contributed by atoms with Gasteiger partial charge < -0.3 is 4.79 Å². The molecule has 0 spiro atoms. The maximum atomic E-state index is 13.2. The zero-order chi connectivity index (χ0) is 13.6. The van der Waals surface area contributed by atoms with E-state index >= 15 is 0 Å². The molecule has 0 bridgehead atoms. The number of aromatic nitrogens is 1. The molecule has 1 saturated carbocycles. The Balaban J connectivity index is 2.35. The zero-order valence-electron chi connectivity index (χ0n) is 10.2. The van der Waals surface area contributed by atoms with E-state index in [1.807, 2.05) is 0 Å². The zero-order valence-corrected chi connectivity index (χ0v) is 11.0. The van der Waals surface area contributed by atoms with Crippen LogP contribution in [0.3, 0.4) is 0 Å². The largest absolute Gasteiger partial charge is 0.395 e. The van der Waals surface area contributed by atoms with Gasteiger partial charge in [-0.3, -0.25) is 0 Å². The van der Waals surface area contributed by atoms with E-state index in [1.54, 1.807) is 6.92 Å². The molecule has 1 aromatic rings. The Labute approximate surface area is 107 Å². The fraction of sp³-hybridized carbons (Fsp3) is 0.667. The van der Waals surface area contributed by atoms with Crippen molar-refractivity contribution >= 4 is 17.1 Å². The van der Waals surface area contributed by atoms with E-state index in [4.69, 9.17) is 0 Å². The summed E-state index contributed by atoms with van der Waals surface area (Å²) in [5.74, 6) is -0.970. The van der Waals surface area contributed by atoms with Crippen LogP contribution < -0.4 is 0 Å². The van der Waals surface area contributed by atoms with Crippen molar-refractivity contribution in [2.45, 2.75) is 45.2 Å². The van der Waals surface area contributed by atoms with Gasteiger partial charge in [0.1, 0.15) is 5.78 Å². The van der Waals surface area contributed by atoms with E-state index in [2.05, 4.69) is 4.98 Å². The SMILES string of the molecule is CC(=O)C[C@H](c1cnc(C)s1)C1(C(F)(F)F)CC1. The number of rotatable bonds is 4. The highest BCUT2D eigenvalue weighted by molar-refractivity contribution is 7.11. The fourth-order valence-electron chi connectivity index (χ4n) is 2.36. The molecule has 0 unspecified atom stereocenters. The van der Waals surface area contributed by atoms with Crippen molar-refractivity contribution in [3.8, 4) is 0 Å². The molecular formula is C12H14F3NOS. The number of hydrogen-bond donors (Lipinski definition) is 0. The summed E-state index contributed by atoms with van der Waals surface area (Å²) in [4.78, 5) is 15.8. The van der Waals surface area contributed by atoms with Crippen molar-refractivity contribution in [3.63, 3.8) is 0 Å². The Morgan fingerprint density at radius 3 is 2.50 bits per heavy atom. The normalized spacial score (nSPS) is 19.6. The van der Waals surface area contributed by atoms with E-state index in [0.29, 0.717) is 4.88 Å². The fourth-order valence-corrected chi connectivity index (χ4v) is 3.36. The van der Waals surface area contributed by atoms with Crippen molar-refractivity contribution in [3.05, 3.63) is 16.1 Å². The second-order valence-electron chi connectivity index (χ2n) is 4.89. The van der Waals surface area contributed by atoms with Crippen LogP contribution in [-0.4, -0.2) is 16.9 Å². The van der Waals surface area contributed by atoms with Crippen LogP contribution in [0.2, 0.25) is 0 Å². The second kappa shape index (κ2) is 4.33. The summed E-state index contributed by atoms with van der Waals surface area (Å²) < 4.78 is 39.5. The number of carbonyl (C=O) groups excluding carboxylic acids is 1. The molecular weight excluding hydrogens is 263 g/mol. The first-order valence-corrected chi connectivity index (χ1v) is 6.56. The van der Waals surface area contributed by atoms with E-state index in [9.17, 15) is 18.0 Å². The number of thiazole rings is 1. The Morgan fingerprint density at radius 1 is 1.56 bits per heavy atom. The molecule has 100 valence electrons. The molecule has 1 aromatic heterocycles. The lowest BCUT2D eigenvalue weighted by atomic mass is 9.83. The van der Waals surface area contributed by atoms with Crippen molar-refractivity contribution in [1.82, 2.24) is 4.98 Å². The average Bonchev–Trinajstić information content (AvgIpc) is 2.93. The third-order valence-electron chi connectivity index (χ3n) is 3.49. The smallest absolute Gasteiger partial charge is 0.300 e. The van der Waals surface area contributed by atoms with Crippen LogP contribution in [0.1, 0.15) is 42.0 Å². The third-order valence-corrected chi connectivity index (χ3v) is 4.52. The number of aryl methyl sites for hydroxylation is 1. The Hall–Kier alpha value is -0.910. The van der Waals surface area contributed by atoms with Gasteiger partial charge in [-0.2, -0.15) is 13.2 Å². The Bertz CT molecular complexity index is 462. The van der Waals surface area contributed by atoms with E-state index in [-0.39, 0.29) is 25.0 Å². The predicted molar refractivity (Wildman–Crippen MR) is 62.6 cm³/mol. The molecule has 18 heavy (non-hydrogen) atoms. The van der Waals surface area contributed by atoms with Crippen molar-refractivity contribution in [2.75, 3.05) is 0 Å². The lowest BCUT2D eigenvalue weighted by Gasteiger charge is -2.27. The van der Waals surface area contributed by atoms with Gasteiger partial charge in [0.2, 0.25) is 0 Å². The average molecular weight is 277 g/mol. The molecule has 0 aromatic carbocycles. The third kappa shape index (κ3) is 2.30. The molecule has 0 radical (unpaired) electrons. The van der Waals surface area contributed by atoms with Gasteiger partial charge in [-0.05, 0) is 26.7 Å². The minimum atomic E-state index is -4.25. The molecule has 1 aliphatic rings. The topological polar surface area (TPSA) is 30.0 Å². The summed E-state index contributed by atoms with van der Waals surface area (Å²) in [6.07, 6.45) is -2.58. The minimum absolute atomic E-state index is 0.0544. The molecule has 2 rings (SSSR count). The summed E-state index contributed by atoms with van der Waals surface area (Å²) in [5, 5.41) is 0.733. The van der Waals surface area contributed by atoms with E-state index in [0.717, 1.165) is 5.01 Å². The minimum Gasteiger partial charge on any atom is -0.300 e. The molecule has 0 N–H and O–H groups in total. The first kappa shape index (κ1) is 13.5. The van der Waals surface area contributed by atoms with Gasteiger partial charge in [-0.1, -0.05) is 0 Å². The number of hydrogen-bond acceptors (Lipinski definition) is 3. The standard InChI is InChI=1S/C12H14F3NOS/c1-7(17)5-9(10-6-16-8(2)18-10)11(3-4-11)12(13,14)15/h6,9H,3-5H2,1-2H3/t9-/m1/s1. The lowest BCUT2D eigenvalue weighted by Crippen LogP contribution is -2.31. The van der Waals surface area contributed by atoms with Crippen LogP contribution in [0, 0.1) is 12.3 Å². The maximum absolute atomic E-state index is 13.2. The first-order valence-electron chi connectivity index (χ1n) is 5.75. The molecule has 0 amide bonds. The molecule has 1 aliphatic carbocycles. The van der Waals surface area contributed by atoms with Gasteiger partial charge in [-0.15, -0.1) is 11.3 Å². The number of halogens is 3. The van der Waals surface area contributed by atoms with Gasteiger partial charge in [0, 0.05) is 23.4 Å². The number of Topliss-reactive ketones (excluding diaryl/α,β-unsaturated/α-hetero) is 1. The molecule has 0 saturated heterocycles. The highest BCUT2D eigenvalue weighted by Crippen LogP contribution is 2.66. The van der Waals surface area contributed by atoms with E-state index < -0.39 is 17.5 Å². The highest BCUT2D eigenvalue weighted by Gasteiger charge is 2.67. The van der Waals surface area contributed by atoms with Crippen molar-refractivity contribution in [1.29, 1.82) is 0 Å². The summed E-state index contributed by atoms with van der Waals surface area (Å²) >= 11 is 1.26. The molecule has 1 atom stereocenters. The van der Waals surface area contributed by atoms with Crippen LogP contribution >= 0.6 is 11.3 Å². The number of carbonyl (C=O) groups is 1. The second-order valence-corrected chi connectivity index (χ2v) is 6.16. The molecule has 1 heterocycles. The van der Waals surface area contributed by atoms with Gasteiger partial charge in [-0.25, -0.2) is 4.98 Å². The van der Waals surface area contributed by atoms with E-state index in [1.165, 1.54) is 24.5 Å². The van der Waals surface area contributed by atoms with Crippen LogP contribution in [0.25, 0.3) is 0 Å². The van der Waals surface area contributed by atoms with Gasteiger partial charge in [0.15, 0.2) is 0 Å². The summed E-state index contributed by atoms with van der Waals surface area (Å²) in [6.45, 7) is 3.10. The quantitative estimate of drug-likeness (QED) is 0.836. The number of nitrogens with zero attached hydrogens (tertiary/aromatic N) is 1. The lowest BCUT2D eigenvalue weighted by molar-refractivity contribution is -0.194. The number of alkyl halides is 3. The van der Waals surface area contributed by atoms with Crippen molar-refractivity contribution in [2.24, 2.45) is 5.41 Å². The molecule has 1 fully saturated rings. The van der Waals surface area contributed by atoms with Crippen LogP contribution in [-0.2, 0) is 4.79 Å². The van der Waals surface area contributed by atoms with Crippen molar-refractivity contribution < 1.29 is 18.0 Å². The maximum Gasteiger partial charge on any atom is 0.395 e. The first-order chi connectivity index (χ1) is 8.26. The van der Waals surface area contributed by atoms with Crippen LogP contribution in [0.15, 0.2) is 6.20 Å². The monoisotopic (exact) mass is 277 g/mol.